The lowest BCUT2D eigenvalue weighted by Gasteiger charge is -2.10. The van der Waals surface area contributed by atoms with Crippen molar-refractivity contribution in [1.29, 1.82) is 0 Å². The molecule has 1 heterocycles. The lowest BCUT2D eigenvalue weighted by Crippen LogP contribution is -2.17. The number of fused-ring (bicyclic) bond motifs is 1. The zero-order chi connectivity index (χ0) is 13.7. The number of unbranched alkanes of at least 4 members (excludes halogenated alkanes) is 1. The third-order valence-electron chi connectivity index (χ3n) is 2.81. The lowest BCUT2D eigenvalue weighted by atomic mass is 10.1. The summed E-state index contributed by atoms with van der Waals surface area (Å²) < 4.78 is 26.5. The van der Waals surface area contributed by atoms with E-state index in [1.165, 1.54) is 0 Å². The molecular formula is C13H17N3O2S. The maximum atomic E-state index is 12.0. The number of pyridine rings is 1. The second-order valence-corrected chi connectivity index (χ2v) is 6.16. The van der Waals surface area contributed by atoms with Crippen molar-refractivity contribution in [3.8, 4) is 0 Å². The van der Waals surface area contributed by atoms with Gasteiger partial charge in [0.1, 0.15) is 0 Å². The number of aromatic nitrogens is 1. The van der Waals surface area contributed by atoms with Crippen molar-refractivity contribution in [1.82, 2.24) is 4.98 Å². The van der Waals surface area contributed by atoms with Crippen LogP contribution in [0.4, 0.5) is 5.69 Å². The summed E-state index contributed by atoms with van der Waals surface area (Å²) in [6, 6.07) is 7.26. The summed E-state index contributed by atoms with van der Waals surface area (Å²) in [5.41, 5.74) is 5.95. The maximum absolute atomic E-state index is 12.0. The summed E-state index contributed by atoms with van der Waals surface area (Å²) >= 11 is 0. The fraction of sp³-hybridized carbons (Fsp3) is 0.308. The minimum Gasteiger partial charge on any atom is -0.330 e. The van der Waals surface area contributed by atoms with E-state index < -0.39 is 10.0 Å². The van der Waals surface area contributed by atoms with Gasteiger partial charge in [-0.05, 0) is 31.5 Å². The van der Waals surface area contributed by atoms with E-state index in [0.29, 0.717) is 25.1 Å². The molecule has 2 rings (SSSR count). The van der Waals surface area contributed by atoms with E-state index in [9.17, 15) is 8.42 Å². The quantitative estimate of drug-likeness (QED) is 0.788. The fourth-order valence-electron chi connectivity index (χ4n) is 1.87. The van der Waals surface area contributed by atoms with E-state index in [4.69, 9.17) is 5.73 Å². The molecule has 5 nitrogen and oxygen atoms in total. The summed E-state index contributed by atoms with van der Waals surface area (Å²) in [4.78, 5) is 4.02. The highest BCUT2D eigenvalue weighted by atomic mass is 32.2. The van der Waals surface area contributed by atoms with E-state index in [-0.39, 0.29) is 5.75 Å². The monoisotopic (exact) mass is 279 g/mol. The van der Waals surface area contributed by atoms with Crippen molar-refractivity contribution in [3.05, 3.63) is 36.7 Å². The van der Waals surface area contributed by atoms with Crippen molar-refractivity contribution in [2.24, 2.45) is 5.73 Å². The fourth-order valence-corrected chi connectivity index (χ4v) is 3.07. The summed E-state index contributed by atoms with van der Waals surface area (Å²) in [5.74, 6) is 0.0890. The number of hydrogen-bond donors (Lipinski definition) is 2. The van der Waals surface area contributed by atoms with Crippen molar-refractivity contribution < 1.29 is 8.42 Å². The minimum absolute atomic E-state index is 0.0890. The summed E-state index contributed by atoms with van der Waals surface area (Å²) in [5, 5.41) is 1.75. The first kappa shape index (κ1) is 13.8. The van der Waals surface area contributed by atoms with Gasteiger partial charge in [0.15, 0.2) is 0 Å². The SMILES string of the molecule is NCCCCS(=O)(=O)Nc1cccc2cnccc12. The van der Waals surface area contributed by atoms with Crippen molar-refractivity contribution in [2.75, 3.05) is 17.0 Å². The Labute approximate surface area is 112 Å². The number of rotatable bonds is 6. The molecule has 0 unspecified atom stereocenters. The van der Waals surface area contributed by atoms with Crippen LogP contribution < -0.4 is 10.5 Å². The molecule has 0 saturated heterocycles. The summed E-state index contributed by atoms with van der Waals surface area (Å²) in [6.45, 7) is 0.509. The molecule has 19 heavy (non-hydrogen) atoms. The van der Waals surface area contributed by atoms with Gasteiger partial charge >= 0.3 is 0 Å². The highest BCUT2D eigenvalue weighted by molar-refractivity contribution is 7.92. The number of nitrogens with one attached hydrogen (secondary N) is 1. The van der Waals surface area contributed by atoms with E-state index in [0.717, 1.165) is 10.8 Å². The molecule has 0 aliphatic rings. The predicted molar refractivity (Wildman–Crippen MR) is 77.4 cm³/mol. The molecule has 0 spiro atoms. The van der Waals surface area contributed by atoms with E-state index in [1.54, 1.807) is 24.5 Å². The average Bonchev–Trinajstić information content (AvgIpc) is 2.39. The largest absolute Gasteiger partial charge is 0.330 e. The Morgan fingerprint density at radius 1 is 1.21 bits per heavy atom. The van der Waals surface area contributed by atoms with Gasteiger partial charge in [-0.25, -0.2) is 8.42 Å². The summed E-state index contributed by atoms with van der Waals surface area (Å²) in [6.07, 6.45) is 4.63. The van der Waals surface area contributed by atoms with Crippen LogP contribution in [0.2, 0.25) is 0 Å². The highest BCUT2D eigenvalue weighted by Gasteiger charge is 2.11. The lowest BCUT2D eigenvalue weighted by molar-refractivity contribution is 0.597. The number of benzene rings is 1. The first-order chi connectivity index (χ1) is 9.12. The molecule has 3 N–H and O–H groups in total. The van der Waals surface area contributed by atoms with Crippen molar-refractivity contribution in [3.63, 3.8) is 0 Å². The topological polar surface area (TPSA) is 85.1 Å². The van der Waals surface area contributed by atoms with Crippen LogP contribution in [0.15, 0.2) is 36.7 Å². The molecule has 0 fully saturated rings. The van der Waals surface area contributed by atoms with Crippen LogP contribution in [-0.2, 0) is 10.0 Å². The van der Waals surface area contributed by atoms with Crippen LogP contribution in [0.25, 0.3) is 10.8 Å². The number of sulfonamides is 1. The second-order valence-electron chi connectivity index (χ2n) is 4.32. The smallest absolute Gasteiger partial charge is 0.232 e. The van der Waals surface area contributed by atoms with E-state index >= 15 is 0 Å². The van der Waals surface area contributed by atoms with Gasteiger partial charge in [-0.15, -0.1) is 0 Å². The molecule has 0 aliphatic heterocycles. The number of anilines is 1. The Morgan fingerprint density at radius 2 is 2.05 bits per heavy atom. The van der Waals surface area contributed by atoms with Gasteiger partial charge in [-0.2, -0.15) is 0 Å². The van der Waals surface area contributed by atoms with Gasteiger partial charge in [0.05, 0.1) is 11.4 Å². The van der Waals surface area contributed by atoms with Crippen LogP contribution >= 0.6 is 0 Å². The molecule has 0 amide bonds. The second kappa shape index (κ2) is 5.99. The Kier molecular flexibility index (Phi) is 4.34. The zero-order valence-electron chi connectivity index (χ0n) is 10.5. The predicted octanol–water partition coefficient (Wildman–Crippen LogP) is 1.72. The Balaban J connectivity index is 2.21. The van der Waals surface area contributed by atoms with Gasteiger partial charge in [0, 0.05) is 23.2 Å². The van der Waals surface area contributed by atoms with Crippen LogP contribution in [-0.4, -0.2) is 25.7 Å². The van der Waals surface area contributed by atoms with Crippen LogP contribution in [0.3, 0.4) is 0 Å². The Hall–Kier alpha value is -1.66. The molecule has 0 bridgehead atoms. The van der Waals surface area contributed by atoms with Crippen molar-refractivity contribution in [2.45, 2.75) is 12.8 Å². The minimum atomic E-state index is -3.32. The molecule has 2 aromatic rings. The molecule has 102 valence electrons. The standard InChI is InChI=1S/C13H17N3O2S/c14-7-1-2-9-19(17,18)16-13-5-3-4-11-10-15-8-6-12(11)13/h3-6,8,10,16H,1-2,7,9,14H2. The molecule has 0 radical (unpaired) electrons. The number of nitrogens with two attached hydrogens (primary N) is 1. The Morgan fingerprint density at radius 3 is 2.84 bits per heavy atom. The van der Waals surface area contributed by atoms with Crippen LogP contribution in [0.5, 0.6) is 0 Å². The molecule has 1 aromatic heterocycles. The first-order valence-electron chi connectivity index (χ1n) is 6.16. The maximum Gasteiger partial charge on any atom is 0.232 e. The average molecular weight is 279 g/mol. The van der Waals surface area contributed by atoms with Crippen LogP contribution in [0.1, 0.15) is 12.8 Å². The third-order valence-corrected chi connectivity index (χ3v) is 4.17. The highest BCUT2D eigenvalue weighted by Crippen LogP contribution is 2.23. The van der Waals surface area contributed by atoms with Gasteiger partial charge in [-0.1, -0.05) is 12.1 Å². The third kappa shape index (κ3) is 3.65. The van der Waals surface area contributed by atoms with Gasteiger partial charge in [0.25, 0.3) is 0 Å². The van der Waals surface area contributed by atoms with Crippen molar-refractivity contribution >= 4 is 26.5 Å². The number of hydrogen-bond acceptors (Lipinski definition) is 4. The van der Waals surface area contributed by atoms with Gasteiger partial charge in [0.2, 0.25) is 10.0 Å². The molecular weight excluding hydrogens is 262 g/mol. The molecule has 6 heteroatoms. The van der Waals surface area contributed by atoms with E-state index in [2.05, 4.69) is 9.71 Å². The molecule has 0 aliphatic carbocycles. The van der Waals surface area contributed by atoms with Crippen LogP contribution in [0, 0.1) is 0 Å². The first-order valence-corrected chi connectivity index (χ1v) is 7.81. The normalized spacial score (nSPS) is 11.6. The Bertz CT molecular complexity index is 650. The molecule has 0 atom stereocenters. The van der Waals surface area contributed by atoms with Gasteiger partial charge in [-0.3, -0.25) is 9.71 Å². The molecule has 1 aromatic carbocycles. The number of nitrogens with zero attached hydrogens (tertiary/aromatic N) is 1. The zero-order valence-corrected chi connectivity index (χ0v) is 11.4. The van der Waals surface area contributed by atoms with Gasteiger partial charge < -0.3 is 5.73 Å². The summed E-state index contributed by atoms with van der Waals surface area (Å²) in [7, 11) is -3.32. The van der Waals surface area contributed by atoms with E-state index in [1.807, 2.05) is 12.1 Å². The molecule has 0 saturated carbocycles.